The molecule has 1 heterocycles. The lowest BCUT2D eigenvalue weighted by Crippen LogP contribution is -2.25. The molecule has 128 valence electrons. The first-order valence-corrected chi connectivity index (χ1v) is 8.38. The minimum Gasteiger partial charge on any atom is -0.370 e. The number of nitrogens with zero attached hydrogens (tertiary/aromatic N) is 3. The second-order valence-corrected chi connectivity index (χ2v) is 6.21. The van der Waals surface area contributed by atoms with Gasteiger partial charge in [-0.3, -0.25) is 9.67 Å². The largest absolute Gasteiger partial charge is 0.370 e. The molecule has 3 rings (SSSR count). The molecule has 0 spiro atoms. The van der Waals surface area contributed by atoms with E-state index in [1.54, 1.807) is 6.20 Å². The van der Waals surface area contributed by atoms with Crippen LogP contribution >= 0.6 is 11.6 Å². The first-order chi connectivity index (χ1) is 12.1. The molecular weight excluding hydrogens is 334 g/mol. The molecule has 0 amide bonds. The Hall–Kier alpha value is -2.79. The highest BCUT2D eigenvalue weighted by Crippen LogP contribution is 2.20. The Morgan fingerprint density at radius 1 is 1.20 bits per heavy atom. The van der Waals surface area contributed by atoms with Crippen LogP contribution in [0.1, 0.15) is 17.2 Å². The van der Waals surface area contributed by atoms with Crippen molar-refractivity contribution in [1.29, 1.82) is 0 Å². The van der Waals surface area contributed by atoms with Crippen LogP contribution in [0.5, 0.6) is 0 Å². The second kappa shape index (κ2) is 7.85. The predicted octanol–water partition coefficient (Wildman–Crippen LogP) is 3.86. The zero-order valence-electron chi connectivity index (χ0n) is 13.9. The second-order valence-electron chi connectivity index (χ2n) is 5.77. The zero-order chi connectivity index (χ0) is 17.6. The molecule has 0 aliphatic rings. The van der Waals surface area contributed by atoms with Crippen LogP contribution in [0, 0.1) is 6.92 Å². The summed E-state index contributed by atoms with van der Waals surface area (Å²) in [6, 6.07) is 17.5. The molecule has 0 aliphatic heterocycles. The highest BCUT2D eigenvalue weighted by Gasteiger charge is 2.13. The van der Waals surface area contributed by atoms with E-state index in [-0.39, 0.29) is 6.04 Å². The average Bonchev–Trinajstić information content (AvgIpc) is 3.13. The highest BCUT2D eigenvalue weighted by molar-refractivity contribution is 6.30. The average molecular weight is 354 g/mol. The van der Waals surface area contributed by atoms with Gasteiger partial charge in [-0.1, -0.05) is 41.4 Å². The summed E-state index contributed by atoms with van der Waals surface area (Å²) >= 11 is 5.99. The minimum atomic E-state index is -0.0503. The maximum absolute atomic E-state index is 6.04. The smallest absolute Gasteiger partial charge is 0.193 e. The van der Waals surface area contributed by atoms with Crippen molar-refractivity contribution in [3.05, 3.63) is 83.1 Å². The van der Waals surface area contributed by atoms with Crippen molar-refractivity contribution in [3.63, 3.8) is 0 Å². The fraction of sp³-hybridized carbons (Fsp3) is 0.158. The number of nitrogens with one attached hydrogen (secondary N) is 1. The van der Waals surface area contributed by atoms with Crippen LogP contribution in [-0.2, 0) is 0 Å². The maximum atomic E-state index is 6.04. The summed E-state index contributed by atoms with van der Waals surface area (Å²) in [6.07, 6.45) is 3.67. The first kappa shape index (κ1) is 17.0. The molecule has 0 bridgehead atoms. The summed E-state index contributed by atoms with van der Waals surface area (Å²) in [6.45, 7) is 2.51. The van der Waals surface area contributed by atoms with Crippen molar-refractivity contribution >= 4 is 23.2 Å². The van der Waals surface area contributed by atoms with Crippen molar-refractivity contribution < 1.29 is 0 Å². The third-order valence-corrected chi connectivity index (χ3v) is 4.11. The molecule has 6 heteroatoms. The van der Waals surface area contributed by atoms with Gasteiger partial charge < -0.3 is 11.1 Å². The molecule has 0 saturated heterocycles. The molecule has 0 radical (unpaired) electrons. The molecule has 25 heavy (non-hydrogen) atoms. The van der Waals surface area contributed by atoms with E-state index in [0.29, 0.717) is 17.5 Å². The maximum Gasteiger partial charge on any atom is 0.193 e. The van der Waals surface area contributed by atoms with Gasteiger partial charge in [-0.05, 0) is 42.8 Å². The molecule has 0 saturated carbocycles. The van der Waals surface area contributed by atoms with Crippen LogP contribution in [0.25, 0.3) is 0 Å². The van der Waals surface area contributed by atoms with Gasteiger partial charge in [0.2, 0.25) is 0 Å². The van der Waals surface area contributed by atoms with Gasteiger partial charge in [0, 0.05) is 23.1 Å². The van der Waals surface area contributed by atoms with Crippen molar-refractivity contribution in [2.75, 3.05) is 11.9 Å². The Morgan fingerprint density at radius 3 is 2.56 bits per heavy atom. The number of aromatic nitrogens is 2. The van der Waals surface area contributed by atoms with Gasteiger partial charge in [0.25, 0.3) is 0 Å². The molecular formula is C19H20ClN5. The summed E-state index contributed by atoms with van der Waals surface area (Å²) in [4.78, 5) is 4.49. The van der Waals surface area contributed by atoms with E-state index >= 15 is 0 Å². The number of aryl methyl sites for hydroxylation is 1. The zero-order valence-corrected chi connectivity index (χ0v) is 14.7. The van der Waals surface area contributed by atoms with E-state index in [1.807, 2.05) is 72.4 Å². The molecule has 0 fully saturated rings. The van der Waals surface area contributed by atoms with E-state index in [9.17, 15) is 0 Å². The topological polar surface area (TPSA) is 68.2 Å². The van der Waals surface area contributed by atoms with Crippen LogP contribution in [0.4, 0.5) is 5.69 Å². The Kier molecular flexibility index (Phi) is 5.36. The van der Waals surface area contributed by atoms with Crippen molar-refractivity contribution in [2.45, 2.75) is 13.0 Å². The normalized spacial score (nSPS) is 12.8. The van der Waals surface area contributed by atoms with E-state index in [1.165, 1.54) is 5.56 Å². The summed E-state index contributed by atoms with van der Waals surface area (Å²) in [5, 5.41) is 8.15. The van der Waals surface area contributed by atoms with Crippen LogP contribution < -0.4 is 11.1 Å². The summed E-state index contributed by atoms with van der Waals surface area (Å²) in [7, 11) is 0. The fourth-order valence-corrected chi connectivity index (χ4v) is 2.63. The monoisotopic (exact) mass is 353 g/mol. The number of guanidine groups is 1. The van der Waals surface area contributed by atoms with Gasteiger partial charge >= 0.3 is 0 Å². The lowest BCUT2D eigenvalue weighted by atomic mass is 10.1. The number of halogens is 1. The number of nitrogens with two attached hydrogens (primary N) is 1. The molecule has 3 aromatic rings. The minimum absolute atomic E-state index is 0.0503. The molecule has 1 atom stereocenters. The summed E-state index contributed by atoms with van der Waals surface area (Å²) in [5.41, 5.74) is 9.21. The van der Waals surface area contributed by atoms with Gasteiger partial charge in [0.15, 0.2) is 5.96 Å². The van der Waals surface area contributed by atoms with Gasteiger partial charge in [-0.25, -0.2) is 0 Å². The Bertz CT molecular complexity index is 823. The Morgan fingerprint density at radius 2 is 1.92 bits per heavy atom. The van der Waals surface area contributed by atoms with Crippen molar-refractivity contribution in [3.8, 4) is 0 Å². The number of hydrogen-bond donors (Lipinski definition) is 2. The number of hydrogen-bond acceptors (Lipinski definition) is 2. The van der Waals surface area contributed by atoms with Crippen LogP contribution in [0.2, 0.25) is 5.02 Å². The van der Waals surface area contributed by atoms with E-state index in [4.69, 9.17) is 17.3 Å². The fourth-order valence-electron chi connectivity index (χ4n) is 2.50. The standard InChI is InChI=1S/C19H20ClN5/c1-14-3-9-17(10-4-14)24-19(21)22-13-18(25-12-2-11-23-25)15-5-7-16(20)8-6-15/h2-12,18H,13H2,1H3,(H3,21,22,24). The van der Waals surface area contributed by atoms with Gasteiger partial charge in [-0.2, -0.15) is 5.10 Å². The molecule has 3 N–H and O–H groups in total. The third-order valence-electron chi connectivity index (χ3n) is 3.86. The van der Waals surface area contributed by atoms with E-state index in [0.717, 1.165) is 11.3 Å². The van der Waals surface area contributed by atoms with Crippen LogP contribution in [0.15, 0.2) is 72.0 Å². The lowest BCUT2D eigenvalue weighted by Gasteiger charge is -2.17. The quantitative estimate of drug-likeness (QED) is 0.540. The Labute approximate surface area is 152 Å². The van der Waals surface area contributed by atoms with E-state index in [2.05, 4.69) is 15.4 Å². The summed E-state index contributed by atoms with van der Waals surface area (Å²) in [5.74, 6) is 0.370. The summed E-state index contributed by atoms with van der Waals surface area (Å²) < 4.78 is 1.87. The SMILES string of the molecule is Cc1ccc(NC(N)=NCC(c2ccc(Cl)cc2)n2cccn2)cc1. The predicted molar refractivity (Wildman–Crippen MR) is 103 cm³/mol. The molecule has 1 unspecified atom stereocenters. The van der Waals surface area contributed by atoms with Crippen LogP contribution in [0.3, 0.4) is 0 Å². The van der Waals surface area contributed by atoms with Crippen molar-refractivity contribution in [2.24, 2.45) is 10.7 Å². The molecule has 5 nitrogen and oxygen atoms in total. The Balaban J connectivity index is 1.75. The number of aliphatic imine (C=N–C) groups is 1. The first-order valence-electron chi connectivity index (χ1n) is 8.00. The van der Waals surface area contributed by atoms with E-state index < -0.39 is 0 Å². The number of benzene rings is 2. The molecule has 0 aliphatic carbocycles. The number of rotatable bonds is 5. The number of anilines is 1. The highest BCUT2D eigenvalue weighted by atomic mass is 35.5. The van der Waals surface area contributed by atoms with Gasteiger partial charge in [-0.15, -0.1) is 0 Å². The lowest BCUT2D eigenvalue weighted by molar-refractivity contribution is 0.533. The van der Waals surface area contributed by atoms with Gasteiger partial charge in [0.05, 0.1) is 12.6 Å². The van der Waals surface area contributed by atoms with Crippen LogP contribution in [-0.4, -0.2) is 22.3 Å². The molecule has 2 aromatic carbocycles. The van der Waals surface area contributed by atoms with Crippen molar-refractivity contribution in [1.82, 2.24) is 9.78 Å². The van der Waals surface area contributed by atoms with Gasteiger partial charge in [0.1, 0.15) is 0 Å². The third kappa shape index (κ3) is 4.61. The molecule has 1 aromatic heterocycles.